The first kappa shape index (κ1) is 21.6. The number of benzene rings is 1. The summed E-state index contributed by atoms with van der Waals surface area (Å²) >= 11 is 0. The number of aromatic nitrogens is 4. The average molecular weight is 457 g/mol. The Morgan fingerprint density at radius 2 is 2.06 bits per heavy atom. The van der Waals surface area contributed by atoms with Crippen molar-refractivity contribution in [1.82, 2.24) is 25.1 Å². The smallest absolute Gasteiger partial charge is 0.276 e. The van der Waals surface area contributed by atoms with Gasteiger partial charge in [0.1, 0.15) is 0 Å². The van der Waals surface area contributed by atoms with E-state index < -0.39 is 11.5 Å². The lowest BCUT2D eigenvalue weighted by Crippen LogP contribution is -2.37. The Kier molecular flexibility index (Phi) is 5.47. The molecule has 2 aliphatic heterocycles. The van der Waals surface area contributed by atoms with E-state index in [2.05, 4.69) is 37.3 Å². The highest BCUT2D eigenvalue weighted by atomic mass is 16.3. The molecule has 2 aliphatic rings. The van der Waals surface area contributed by atoms with E-state index in [1.54, 1.807) is 49.8 Å². The molecule has 0 saturated carbocycles. The van der Waals surface area contributed by atoms with Gasteiger partial charge in [-0.2, -0.15) is 5.10 Å². The van der Waals surface area contributed by atoms with Crippen LogP contribution in [-0.2, 0) is 17.8 Å². The summed E-state index contributed by atoms with van der Waals surface area (Å²) in [5.74, 6) is 5.42. The third-order valence-corrected chi connectivity index (χ3v) is 6.03. The van der Waals surface area contributed by atoms with Gasteiger partial charge in [0, 0.05) is 67.9 Å². The van der Waals surface area contributed by atoms with E-state index in [0.717, 1.165) is 17.8 Å². The number of amides is 2. The van der Waals surface area contributed by atoms with Crippen molar-refractivity contribution in [3.05, 3.63) is 65.2 Å². The molecule has 0 bridgehead atoms. The molecule has 2 aromatic heterocycles. The van der Waals surface area contributed by atoms with E-state index in [1.807, 2.05) is 4.90 Å². The first-order valence-electron chi connectivity index (χ1n) is 10.9. The van der Waals surface area contributed by atoms with Crippen LogP contribution in [0.4, 0.5) is 11.6 Å². The molecular weight excluding hydrogens is 434 g/mol. The number of aromatic amines is 1. The van der Waals surface area contributed by atoms with Crippen LogP contribution in [-0.4, -0.2) is 67.7 Å². The Morgan fingerprint density at radius 3 is 2.82 bits per heavy atom. The number of likely N-dealkylation sites (tertiary alicyclic amines) is 1. The predicted molar refractivity (Wildman–Crippen MR) is 124 cm³/mol. The van der Waals surface area contributed by atoms with Gasteiger partial charge in [0.25, 0.3) is 11.8 Å². The summed E-state index contributed by atoms with van der Waals surface area (Å²) in [5.41, 5.74) is 1.51. The minimum absolute atomic E-state index is 0.265. The average Bonchev–Trinajstić information content (AvgIpc) is 3.40. The van der Waals surface area contributed by atoms with Crippen molar-refractivity contribution in [3.63, 3.8) is 0 Å². The number of fused-ring (bicyclic) bond motifs is 1. The van der Waals surface area contributed by atoms with Gasteiger partial charge >= 0.3 is 0 Å². The van der Waals surface area contributed by atoms with Gasteiger partial charge in [-0.3, -0.25) is 14.7 Å². The molecule has 10 heteroatoms. The highest BCUT2D eigenvalue weighted by molar-refractivity contribution is 6.04. The topological polar surface area (TPSA) is 127 Å². The van der Waals surface area contributed by atoms with Crippen LogP contribution in [0.2, 0.25) is 0 Å². The number of nitrogens with one attached hydrogen (secondary N) is 2. The highest BCUT2D eigenvalue weighted by Gasteiger charge is 2.42. The molecule has 2 amide bonds. The molecule has 1 fully saturated rings. The van der Waals surface area contributed by atoms with E-state index in [0.29, 0.717) is 42.4 Å². The van der Waals surface area contributed by atoms with Crippen LogP contribution in [0, 0.1) is 11.8 Å². The maximum Gasteiger partial charge on any atom is 0.276 e. The van der Waals surface area contributed by atoms with Crippen LogP contribution >= 0.6 is 0 Å². The number of rotatable bonds is 3. The summed E-state index contributed by atoms with van der Waals surface area (Å²) in [6, 6.07) is 8.71. The molecule has 0 radical (unpaired) electrons. The number of hydrogen-bond acceptors (Lipinski definition) is 7. The third-order valence-electron chi connectivity index (χ3n) is 6.03. The molecule has 1 saturated heterocycles. The summed E-state index contributed by atoms with van der Waals surface area (Å²) in [6.07, 6.45) is 4.35. The SMILES string of the molecule is CN1CC[C@@](O)(C#Cc2cccc(NC(=O)c3n[nH]c4c3CN(c3ncccn3)CC4)c2)C1=O. The fourth-order valence-electron chi connectivity index (χ4n) is 4.12. The quantitative estimate of drug-likeness (QED) is 0.500. The zero-order valence-corrected chi connectivity index (χ0v) is 18.6. The minimum Gasteiger partial charge on any atom is -0.369 e. The van der Waals surface area contributed by atoms with Gasteiger partial charge < -0.3 is 20.2 Å². The molecule has 1 atom stereocenters. The van der Waals surface area contributed by atoms with Gasteiger partial charge in [-0.15, -0.1) is 0 Å². The van der Waals surface area contributed by atoms with Crippen molar-refractivity contribution in [1.29, 1.82) is 0 Å². The van der Waals surface area contributed by atoms with Crippen molar-refractivity contribution in [2.75, 3.05) is 30.4 Å². The molecule has 1 aromatic carbocycles. The lowest BCUT2D eigenvalue weighted by atomic mass is 10.0. The Labute approximate surface area is 196 Å². The fraction of sp³-hybridized carbons (Fsp3) is 0.292. The van der Waals surface area contributed by atoms with Crippen LogP contribution in [0.1, 0.15) is 33.7 Å². The van der Waals surface area contributed by atoms with Crippen molar-refractivity contribution >= 4 is 23.5 Å². The van der Waals surface area contributed by atoms with E-state index >= 15 is 0 Å². The zero-order chi connectivity index (χ0) is 23.7. The van der Waals surface area contributed by atoms with Crippen LogP contribution in [0.3, 0.4) is 0 Å². The molecule has 0 aliphatic carbocycles. The van der Waals surface area contributed by atoms with E-state index in [-0.39, 0.29) is 12.3 Å². The van der Waals surface area contributed by atoms with Crippen LogP contribution in [0.25, 0.3) is 0 Å². The van der Waals surface area contributed by atoms with Gasteiger partial charge in [0.05, 0.1) is 6.54 Å². The Hall–Kier alpha value is -4.23. The fourth-order valence-corrected chi connectivity index (χ4v) is 4.12. The summed E-state index contributed by atoms with van der Waals surface area (Å²) in [6.45, 7) is 1.67. The molecule has 10 nitrogen and oxygen atoms in total. The first-order chi connectivity index (χ1) is 16.4. The second kappa shape index (κ2) is 8.61. The number of carbonyl (C=O) groups excluding carboxylic acids is 2. The molecule has 34 heavy (non-hydrogen) atoms. The number of anilines is 2. The maximum atomic E-state index is 13.0. The highest BCUT2D eigenvalue weighted by Crippen LogP contribution is 2.24. The molecule has 0 spiro atoms. The maximum absolute atomic E-state index is 13.0. The van der Waals surface area contributed by atoms with Crippen LogP contribution < -0.4 is 10.2 Å². The summed E-state index contributed by atoms with van der Waals surface area (Å²) in [5, 5.41) is 20.6. The lowest BCUT2D eigenvalue weighted by Gasteiger charge is -2.26. The molecule has 172 valence electrons. The number of likely N-dealkylation sites (N-methyl/N-ethyl adjacent to an activating group) is 1. The molecule has 0 unspecified atom stereocenters. The van der Waals surface area contributed by atoms with Crippen molar-refractivity contribution in [2.45, 2.75) is 25.0 Å². The predicted octanol–water partition coefficient (Wildman–Crippen LogP) is 0.959. The molecule has 5 rings (SSSR count). The molecule has 4 heterocycles. The van der Waals surface area contributed by atoms with E-state index in [4.69, 9.17) is 0 Å². The zero-order valence-electron chi connectivity index (χ0n) is 18.6. The van der Waals surface area contributed by atoms with Crippen molar-refractivity contribution in [3.8, 4) is 11.8 Å². The van der Waals surface area contributed by atoms with Gasteiger partial charge in [0.2, 0.25) is 11.5 Å². The van der Waals surface area contributed by atoms with Gasteiger partial charge in [-0.25, -0.2) is 9.97 Å². The Bertz CT molecular complexity index is 1310. The molecular formula is C24H23N7O3. The lowest BCUT2D eigenvalue weighted by molar-refractivity contribution is -0.137. The standard InChI is InChI=1S/C24H23N7O3/c1-30-13-9-24(34,22(30)33)8-6-16-4-2-5-17(14-16)27-21(32)20-18-15-31(12-7-19(18)28-29-20)23-25-10-3-11-26-23/h2-5,10-11,14,34H,7,9,12-13,15H2,1H3,(H,27,32)(H,28,29)/t24-/m0/s1. The normalized spacial score (nSPS) is 19.4. The largest absolute Gasteiger partial charge is 0.369 e. The number of H-pyrrole nitrogens is 1. The van der Waals surface area contributed by atoms with Crippen molar-refractivity contribution in [2.24, 2.45) is 0 Å². The van der Waals surface area contributed by atoms with Gasteiger partial charge in [-0.1, -0.05) is 17.9 Å². The summed E-state index contributed by atoms with van der Waals surface area (Å²) < 4.78 is 0. The second-order valence-electron chi connectivity index (χ2n) is 8.37. The Morgan fingerprint density at radius 1 is 1.24 bits per heavy atom. The van der Waals surface area contributed by atoms with Crippen LogP contribution in [0.5, 0.6) is 0 Å². The number of hydrogen-bond donors (Lipinski definition) is 3. The molecule has 3 N–H and O–H groups in total. The number of carbonyl (C=O) groups is 2. The minimum atomic E-state index is -1.67. The van der Waals surface area contributed by atoms with Gasteiger partial charge in [-0.05, 0) is 24.3 Å². The second-order valence-corrected chi connectivity index (χ2v) is 8.37. The van der Waals surface area contributed by atoms with E-state index in [1.165, 1.54) is 4.90 Å². The Balaban J connectivity index is 1.32. The first-order valence-corrected chi connectivity index (χ1v) is 10.9. The summed E-state index contributed by atoms with van der Waals surface area (Å²) in [4.78, 5) is 37.2. The summed E-state index contributed by atoms with van der Waals surface area (Å²) in [7, 11) is 1.64. The third kappa shape index (κ3) is 4.09. The van der Waals surface area contributed by atoms with Crippen molar-refractivity contribution < 1.29 is 14.7 Å². The number of aliphatic hydroxyl groups is 1. The number of nitrogens with zero attached hydrogens (tertiary/aromatic N) is 5. The monoisotopic (exact) mass is 457 g/mol. The molecule has 3 aromatic rings. The van der Waals surface area contributed by atoms with Gasteiger partial charge in [0.15, 0.2) is 5.69 Å². The van der Waals surface area contributed by atoms with E-state index in [9.17, 15) is 14.7 Å². The van der Waals surface area contributed by atoms with Crippen LogP contribution in [0.15, 0.2) is 42.7 Å².